The van der Waals surface area contributed by atoms with E-state index in [2.05, 4.69) is 9.97 Å². The van der Waals surface area contributed by atoms with E-state index in [0.717, 1.165) is 41.7 Å². The van der Waals surface area contributed by atoms with E-state index in [0.29, 0.717) is 0 Å². The Morgan fingerprint density at radius 2 is 2.25 bits per heavy atom. The summed E-state index contributed by atoms with van der Waals surface area (Å²) in [6, 6.07) is 5.75. The third kappa shape index (κ3) is 1.99. The molecule has 0 bridgehead atoms. The number of aryl methyl sites for hydroxylation is 1. The van der Waals surface area contributed by atoms with Gasteiger partial charge < -0.3 is 9.64 Å². The van der Waals surface area contributed by atoms with Crippen LogP contribution in [-0.2, 0) is 9.53 Å². The molecule has 0 spiro atoms. The van der Waals surface area contributed by atoms with E-state index in [9.17, 15) is 4.79 Å². The number of ether oxygens (including phenoxy) is 1. The molecule has 1 aromatic heterocycles. The molecule has 0 aliphatic carbocycles. The lowest BCUT2D eigenvalue weighted by molar-refractivity contribution is -0.141. The summed E-state index contributed by atoms with van der Waals surface area (Å²) in [7, 11) is 1.43. The topological polar surface area (TPSA) is 55.3 Å². The highest BCUT2D eigenvalue weighted by molar-refractivity contribution is 5.94. The van der Waals surface area contributed by atoms with Gasteiger partial charge in [-0.2, -0.15) is 0 Å². The number of benzene rings is 1. The van der Waals surface area contributed by atoms with Crippen LogP contribution in [0, 0.1) is 6.92 Å². The molecule has 1 atom stereocenters. The zero-order chi connectivity index (χ0) is 14.1. The minimum atomic E-state index is -0.238. The van der Waals surface area contributed by atoms with Crippen LogP contribution in [-0.4, -0.2) is 35.6 Å². The van der Waals surface area contributed by atoms with Gasteiger partial charge in [0.05, 0.1) is 12.6 Å². The lowest BCUT2D eigenvalue weighted by Crippen LogP contribution is -2.37. The van der Waals surface area contributed by atoms with Gasteiger partial charge in [-0.15, -0.1) is 0 Å². The van der Waals surface area contributed by atoms with E-state index in [1.807, 2.05) is 30.0 Å². The molecule has 104 valence electrons. The van der Waals surface area contributed by atoms with Crippen molar-refractivity contribution in [1.29, 1.82) is 0 Å². The first-order valence-electron chi connectivity index (χ1n) is 6.77. The summed E-state index contributed by atoms with van der Waals surface area (Å²) >= 11 is 0. The van der Waals surface area contributed by atoms with Crippen molar-refractivity contribution >= 4 is 22.7 Å². The largest absolute Gasteiger partial charge is 0.467 e. The van der Waals surface area contributed by atoms with Crippen LogP contribution >= 0.6 is 0 Å². The van der Waals surface area contributed by atoms with E-state index in [4.69, 9.17) is 4.74 Å². The molecule has 1 aliphatic rings. The summed E-state index contributed by atoms with van der Waals surface area (Å²) in [4.78, 5) is 22.7. The van der Waals surface area contributed by atoms with E-state index in [-0.39, 0.29) is 12.0 Å². The molecule has 20 heavy (non-hydrogen) atoms. The Labute approximate surface area is 117 Å². The minimum Gasteiger partial charge on any atom is -0.467 e. The Morgan fingerprint density at radius 1 is 1.40 bits per heavy atom. The van der Waals surface area contributed by atoms with Crippen molar-refractivity contribution in [2.45, 2.75) is 25.8 Å². The van der Waals surface area contributed by atoms with E-state index >= 15 is 0 Å². The van der Waals surface area contributed by atoms with Crippen LogP contribution in [0.5, 0.6) is 0 Å². The molecule has 1 unspecified atom stereocenters. The second-order valence-corrected chi connectivity index (χ2v) is 5.04. The van der Waals surface area contributed by atoms with Crippen molar-refractivity contribution in [1.82, 2.24) is 9.97 Å². The average molecular weight is 271 g/mol. The number of aromatic nitrogens is 2. The van der Waals surface area contributed by atoms with Crippen molar-refractivity contribution in [2.24, 2.45) is 0 Å². The fourth-order valence-corrected chi connectivity index (χ4v) is 2.88. The summed E-state index contributed by atoms with van der Waals surface area (Å²) in [5.41, 5.74) is 2.03. The van der Waals surface area contributed by atoms with Gasteiger partial charge in [0.15, 0.2) is 0 Å². The highest BCUT2D eigenvalue weighted by Gasteiger charge is 2.33. The molecule has 0 amide bonds. The fourth-order valence-electron chi connectivity index (χ4n) is 2.88. The maximum atomic E-state index is 11.9. The normalized spacial score (nSPS) is 18.5. The summed E-state index contributed by atoms with van der Waals surface area (Å²) < 4.78 is 4.90. The van der Waals surface area contributed by atoms with Gasteiger partial charge in [0, 0.05) is 11.9 Å². The number of hydrogen-bond donors (Lipinski definition) is 0. The Hall–Kier alpha value is -2.17. The van der Waals surface area contributed by atoms with Gasteiger partial charge >= 0.3 is 5.97 Å². The van der Waals surface area contributed by atoms with Crippen LogP contribution in [0.1, 0.15) is 18.4 Å². The number of esters is 1. The number of methoxy groups -OCH3 is 1. The number of fused-ring (bicyclic) bond motifs is 1. The Bertz CT molecular complexity index is 651. The average Bonchev–Trinajstić information content (AvgIpc) is 2.95. The van der Waals surface area contributed by atoms with E-state index < -0.39 is 0 Å². The summed E-state index contributed by atoms with van der Waals surface area (Å²) in [5, 5.41) is 1.02. The van der Waals surface area contributed by atoms with Crippen LogP contribution in [0.3, 0.4) is 0 Å². The summed E-state index contributed by atoms with van der Waals surface area (Å²) in [5.74, 6) is 0.642. The predicted molar refractivity (Wildman–Crippen MR) is 76.7 cm³/mol. The molecule has 1 saturated heterocycles. The lowest BCUT2D eigenvalue weighted by Gasteiger charge is -2.25. The highest BCUT2D eigenvalue weighted by Crippen LogP contribution is 2.31. The van der Waals surface area contributed by atoms with Crippen molar-refractivity contribution in [3.8, 4) is 0 Å². The Balaban J connectivity index is 2.12. The lowest BCUT2D eigenvalue weighted by atomic mass is 10.1. The number of nitrogens with zero attached hydrogens (tertiary/aromatic N) is 3. The second kappa shape index (κ2) is 5.07. The highest BCUT2D eigenvalue weighted by atomic mass is 16.5. The third-order valence-electron chi connectivity index (χ3n) is 3.85. The quantitative estimate of drug-likeness (QED) is 0.783. The standard InChI is InChI=1S/C15H17N3O2/c1-10-5-3-6-11-13(10)14(17-9-16-11)18-8-4-7-12(18)15(19)20-2/h3,5-6,9,12H,4,7-8H2,1-2H3. The van der Waals surface area contributed by atoms with Crippen molar-refractivity contribution in [3.63, 3.8) is 0 Å². The predicted octanol–water partition coefficient (Wildman–Crippen LogP) is 2.08. The maximum Gasteiger partial charge on any atom is 0.328 e. The zero-order valence-electron chi connectivity index (χ0n) is 11.7. The molecule has 5 heteroatoms. The van der Waals surface area contributed by atoms with E-state index in [1.54, 1.807) is 6.33 Å². The first-order chi connectivity index (χ1) is 9.72. The van der Waals surface area contributed by atoms with Crippen LogP contribution in [0.4, 0.5) is 5.82 Å². The molecule has 0 saturated carbocycles. The number of rotatable bonds is 2. The van der Waals surface area contributed by atoms with Crippen LogP contribution in [0.15, 0.2) is 24.5 Å². The molecular weight excluding hydrogens is 254 g/mol. The Morgan fingerprint density at radius 3 is 3.05 bits per heavy atom. The van der Waals surface area contributed by atoms with Crippen LogP contribution in [0.2, 0.25) is 0 Å². The van der Waals surface area contributed by atoms with Crippen molar-refractivity contribution in [2.75, 3.05) is 18.6 Å². The van der Waals surface area contributed by atoms with Gasteiger partial charge in [-0.1, -0.05) is 12.1 Å². The first kappa shape index (κ1) is 12.8. The zero-order valence-corrected chi connectivity index (χ0v) is 11.7. The van der Waals surface area contributed by atoms with E-state index in [1.165, 1.54) is 7.11 Å². The van der Waals surface area contributed by atoms with Crippen LogP contribution < -0.4 is 4.90 Å². The number of hydrogen-bond acceptors (Lipinski definition) is 5. The second-order valence-electron chi connectivity index (χ2n) is 5.04. The molecule has 1 aromatic carbocycles. The number of anilines is 1. The third-order valence-corrected chi connectivity index (χ3v) is 3.85. The van der Waals surface area contributed by atoms with Crippen molar-refractivity contribution < 1.29 is 9.53 Å². The fraction of sp³-hybridized carbons (Fsp3) is 0.400. The van der Waals surface area contributed by atoms with Gasteiger partial charge in [-0.25, -0.2) is 14.8 Å². The maximum absolute atomic E-state index is 11.9. The molecule has 3 rings (SSSR count). The molecule has 0 N–H and O–H groups in total. The smallest absolute Gasteiger partial charge is 0.328 e. The van der Waals surface area contributed by atoms with Gasteiger partial charge in [-0.05, 0) is 31.4 Å². The van der Waals surface area contributed by atoms with Gasteiger partial charge in [0.1, 0.15) is 18.2 Å². The molecule has 5 nitrogen and oxygen atoms in total. The molecule has 2 aromatic rings. The number of carbonyl (C=O) groups excluding carboxylic acids is 1. The van der Waals surface area contributed by atoms with Crippen molar-refractivity contribution in [3.05, 3.63) is 30.1 Å². The van der Waals surface area contributed by atoms with Gasteiger partial charge in [0.2, 0.25) is 0 Å². The summed E-state index contributed by atoms with van der Waals surface area (Å²) in [6.07, 6.45) is 3.34. The minimum absolute atomic E-state index is 0.192. The molecule has 1 aliphatic heterocycles. The summed E-state index contributed by atoms with van der Waals surface area (Å²) in [6.45, 7) is 2.86. The Kier molecular flexibility index (Phi) is 3.26. The molecule has 0 radical (unpaired) electrons. The molecular formula is C15H17N3O2. The van der Waals surface area contributed by atoms with Gasteiger partial charge in [-0.3, -0.25) is 0 Å². The van der Waals surface area contributed by atoms with Crippen LogP contribution in [0.25, 0.3) is 10.9 Å². The number of carbonyl (C=O) groups is 1. The van der Waals surface area contributed by atoms with Gasteiger partial charge in [0.25, 0.3) is 0 Å². The molecule has 1 fully saturated rings. The first-order valence-corrected chi connectivity index (χ1v) is 6.77. The molecule has 2 heterocycles. The monoisotopic (exact) mass is 271 g/mol. The SMILES string of the molecule is COC(=O)C1CCCN1c1ncnc2cccc(C)c12.